The molecule has 1 N–H and O–H groups in total. The van der Waals surface area contributed by atoms with E-state index >= 15 is 0 Å². The molecule has 2 rings (SSSR count). The van der Waals surface area contributed by atoms with Crippen LogP contribution in [-0.4, -0.2) is 30.7 Å². The summed E-state index contributed by atoms with van der Waals surface area (Å²) in [5.74, 6) is 1.15. The highest BCUT2D eigenvalue weighted by Gasteiger charge is 2.18. The van der Waals surface area contributed by atoms with Gasteiger partial charge < -0.3 is 10.1 Å². The fourth-order valence-corrected chi connectivity index (χ4v) is 4.31. The molecule has 0 radical (unpaired) electrons. The van der Waals surface area contributed by atoms with Crippen molar-refractivity contribution in [2.45, 2.75) is 50.3 Å². The summed E-state index contributed by atoms with van der Waals surface area (Å²) in [6.45, 7) is 3.08. The zero-order chi connectivity index (χ0) is 15.1. The topological polar surface area (TPSA) is 21.3 Å². The maximum absolute atomic E-state index is 13.8. The predicted molar refractivity (Wildman–Crippen MR) is 88.8 cm³/mol. The third-order valence-corrected chi connectivity index (χ3v) is 5.56. The van der Waals surface area contributed by atoms with Crippen LogP contribution in [0.2, 0.25) is 0 Å². The minimum atomic E-state index is -0.270. The summed E-state index contributed by atoms with van der Waals surface area (Å²) in [5.41, 5.74) is 1.03. The first-order valence-electron chi connectivity index (χ1n) is 7.90. The summed E-state index contributed by atoms with van der Waals surface area (Å²) in [4.78, 5) is 0. The highest BCUT2D eigenvalue weighted by molar-refractivity contribution is 7.99. The third kappa shape index (κ3) is 5.19. The predicted octanol–water partition coefficient (Wildman–Crippen LogP) is 4.03. The molecule has 1 aliphatic carbocycles. The molecule has 1 unspecified atom stereocenters. The summed E-state index contributed by atoms with van der Waals surface area (Å²) >= 11 is 2.08. The van der Waals surface area contributed by atoms with E-state index in [2.05, 4.69) is 24.0 Å². The van der Waals surface area contributed by atoms with Gasteiger partial charge in [-0.15, -0.1) is 0 Å². The summed E-state index contributed by atoms with van der Waals surface area (Å²) < 4.78 is 18.7. The highest BCUT2D eigenvalue weighted by atomic mass is 32.2. The Hall–Kier alpha value is -0.740. The Morgan fingerprint density at radius 3 is 2.76 bits per heavy atom. The van der Waals surface area contributed by atoms with Crippen molar-refractivity contribution < 1.29 is 9.13 Å². The first-order valence-corrected chi connectivity index (χ1v) is 8.95. The van der Waals surface area contributed by atoms with Crippen molar-refractivity contribution in [1.29, 1.82) is 0 Å². The Morgan fingerprint density at radius 1 is 1.38 bits per heavy atom. The van der Waals surface area contributed by atoms with Crippen LogP contribution in [0.5, 0.6) is 5.75 Å². The molecule has 4 heteroatoms. The Morgan fingerprint density at radius 2 is 2.14 bits per heavy atom. The van der Waals surface area contributed by atoms with Crippen molar-refractivity contribution in [3.05, 3.63) is 29.6 Å². The molecular formula is C17H26FNOS. The largest absolute Gasteiger partial charge is 0.494 e. The normalized spacial score (nSPS) is 17.1. The zero-order valence-corrected chi connectivity index (χ0v) is 13.8. The molecule has 0 bridgehead atoms. The second kappa shape index (κ2) is 8.64. The van der Waals surface area contributed by atoms with Crippen LogP contribution in [-0.2, 0) is 6.42 Å². The number of hydrogen-bond acceptors (Lipinski definition) is 3. The van der Waals surface area contributed by atoms with Crippen molar-refractivity contribution in [2.24, 2.45) is 0 Å². The Labute approximate surface area is 131 Å². The van der Waals surface area contributed by atoms with Gasteiger partial charge in [-0.05, 0) is 43.5 Å². The number of nitrogens with one attached hydrogen (secondary N) is 1. The van der Waals surface area contributed by atoms with Crippen LogP contribution in [0.15, 0.2) is 18.2 Å². The molecule has 0 saturated heterocycles. The minimum absolute atomic E-state index is 0.270. The quantitative estimate of drug-likeness (QED) is 0.783. The molecule has 1 aliphatic rings. The van der Waals surface area contributed by atoms with Gasteiger partial charge in [-0.25, -0.2) is 4.39 Å². The lowest BCUT2D eigenvalue weighted by molar-refractivity contribution is 0.386. The van der Waals surface area contributed by atoms with Crippen molar-refractivity contribution in [3.63, 3.8) is 0 Å². The Balaban J connectivity index is 1.90. The molecule has 1 aromatic carbocycles. The number of halogens is 1. The van der Waals surface area contributed by atoms with Gasteiger partial charge in [0.25, 0.3) is 0 Å². The van der Waals surface area contributed by atoms with Gasteiger partial charge in [0.15, 0.2) is 11.6 Å². The summed E-state index contributed by atoms with van der Waals surface area (Å²) in [5, 5.41) is 4.36. The van der Waals surface area contributed by atoms with E-state index in [4.69, 9.17) is 4.74 Å². The van der Waals surface area contributed by atoms with Crippen LogP contribution in [0.4, 0.5) is 4.39 Å². The molecule has 1 saturated carbocycles. The molecule has 118 valence electrons. The summed E-state index contributed by atoms with van der Waals surface area (Å²) in [7, 11) is 1.50. The molecule has 0 amide bonds. The van der Waals surface area contributed by atoms with E-state index in [-0.39, 0.29) is 5.82 Å². The second-order valence-corrected chi connectivity index (χ2v) is 7.00. The first-order chi connectivity index (χ1) is 10.2. The van der Waals surface area contributed by atoms with Crippen molar-refractivity contribution in [1.82, 2.24) is 5.32 Å². The van der Waals surface area contributed by atoms with Gasteiger partial charge >= 0.3 is 0 Å². The van der Waals surface area contributed by atoms with Crippen molar-refractivity contribution >= 4 is 11.8 Å². The first kappa shape index (κ1) is 16.6. The van der Waals surface area contributed by atoms with Crippen LogP contribution < -0.4 is 10.1 Å². The monoisotopic (exact) mass is 311 g/mol. The van der Waals surface area contributed by atoms with Gasteiger partial charge in [0.05, 0.1) is 7.11 Å². The summed E-state index contributed by atoms with van der Waals surface area (Å²) in [6.07, 6.45) is 6.36. The average Bonchev–Trinajstić information content (AvgIpc) is 2.98. The van der Waals surface area contributed by atoms with Crippen LogP contribution in [0.1, 0.15) is 38.2 Å². The minimum Gasteiger partial charge on any atom is -0.494 e. The number of thioether (sulfide) groups is 1. The molecule has 1 aromatic rings. The number of rotatable bonds is 8. The van der Waals surface area contributed by atoms with Crippen LogP contribution >= 0.6 is 11.8 Å². The number of benzene rings is 1. The molecule has 0 aromatic heterocycles. The van der Waals surface area contributed by atoms with Gasteiger partial charge in [-0.3, -0.25) is 0 Å². The fourth-order valence-electron chi connectivity index (χ4n) is 2.91. The number of hydrogen-bond donors (Lipinski definition) is 1. The third-order valence-electron chi connectivity index (χ3n) is 4.03. The lowest BCUT2D eigenvalue weighted by Crippen LogP contribution is -2.33. The summed E-state index contributed by atoms with van der Waals surface area (Å²) in [6, 6.07) is 5.70. The number of methoxy groups -OCH3 is 1. The second-order valence-electron chi connectivity index (χ2n) is 5.67. The van der Waals surface area contributed by atoms with E-state index in [0.29, 0.717) is 11.8 Å². The van der Waals surface area contributed by atoms with Crippen LogP contribution in [0.25, 0.3) is 0 Å². The van der Waals surface area contributed by atoms with E-state index in [9.17, 15) is 4.39 Å². The number of likely N-dealkylation sites (N-methyl/N-ethyl adjacent to an activating group) is 1. The lowest BCUT2D eigenvalue weighted by Gasteiger charge is -2.20. The molecule has 0 heterocycles. The molecule has 0 aliphatic heterocycles. The Bertz CT molecular complexity index is 435. The lowest BCUT2D eigenvalue weighted by atomic mass is 10.1. The van der Waals surface area contributed by atoms with E-state index < -0.39 is 0 Å². The standard InChI is InChI=1S/C17H26FNOS/c1-3-19-14(12-21-15-6-4-5-7-15)10-13-8-9-17(20-2)16(18)11-13/h8-9,11,14-15,19H,3-7,10,12H2,1-2H3. The molecule has 1 fully saturated rings. The van der Waals surface area contributed by atoms with Crippen molar-refractivity contribution in [3.8, 4) is 5.75 Å². The van der Waals surface area contributed by atoms with Gasteiger partial charge in [-0.1, -0.05) is 25.8 Å². The molecule has 1 atom stereocenters. The van der Waals surface area contributed by atoms with E-state index in [1.54, 1.807) is 12.1 Å². The van der Waals surface area contributed by atoms with Gasteiger partial charge in [0.2, 0.25) is 0 Å². The fraction of sp³-hybridized carbons (Fsp3) is 0.647. The molecule has 21 heavy (non-hydrogen) atoms. The smallest absolute Gasteiger partial charge is 0.165 e. The van der Waals surface area contributed by atoms with Crippen LogP contribution in [0.3, 0.4) is 0 Å². The molecular weight excluding hydrogens is 285 g/mol. The Kier molecular flexibility index (Phi) is 6.84. The maximum atomic E-state index is 13.8. The number of ether oxygens (including phenoxy) is 1. The maximum Gasteiger partial charge on any atom is 0.165 e. The van der Waals surface area contributed by atoms with E-state index in [1.165, 1.54) is 32.8 Å². The highest BCUT2D eigenvalue weighted by Crippen LogP contribution is 2.30. The van der Waals surface area contributed by atoms with Gasteiger partial charge in [-0.2, -0.15) is 11.8 Å². The van der Waals surface area contributed by atoms with E-state index in [1.807, 2.05) is 6.07 Å². The van der Waals surface area contributed by atoms with Gasteiger partial charge in [0, 0.05) is 17.0 Å². The average molecular weight is 311 g/mol. The van der Waals surface area contributed by atoms with Crippen LogP contribution in [0, 0.1) is 5.82 Å². The zero-order valence-electron chi connectivity index (χ0n) is 13.0. The van der Waals surface area contributed by atoms with Crippen molar-refractivity contribution in [2.75, 3.05) is 19.4 Å². The van der Waals surface area contributed by atoms with E-state index in [0.717, 1.165) is 29.5 Å². The SMILES string of the molecule is CCNC(CSC1CCCC1)Cc1ccc(OC)c(F)c1. The molecule has 2 nitrogen and oxygen atoms in total. The molecule has 0 spiro atoms. The van der Waals surface area contributed by atoms with Gasteiger partial charge in [0.1, 0.15) is 0 Å².